The Morgan fingerprint density at radius 3 is 2.47 bits per heavy atom. The Morgan fingerprint density at radius 2 is 1.95 bits per heavy atom. The van der Waals surface area contributed by atoms with Gasteiger partial charge in [0.2, 0.25) is 0 Å². The average molecular weight is 262 g/mol. The molecular formula is C15H22N2O2. The molecule has 1 aromatic carbocycles. The second-order valence-corrected chi connectivity index (χ2v) is 5.50. The standard InChI is InChI=1S/C15H22N2O2/c1-11-4-6-13(7-5-11)14(15(18)19)17-9-8-16(3)10-12(17)2/h4-7,12,14H,8-10H2,1-3H3,(H,18,19). The highest BCUT2D eigenvalue weighted by molar-refractivity contribution is 5.75. The number of rotatable bonds is 3. The molecule has 0 aromatic heterocycles. The van der Waals surface area contributed by atoms with Gasteiger partial charge in [-0.1, -0.05) is 29.8 Å². The number of carbonyl (C=O) groups is 1. The molecule has 0 saturated carbocycles. The summed E-state index contributed by atoms with van der Waals surface area (Å²) in [4.78, 5) is 16.0. The van der Waals surface area contributed by atoms with Gasteiger partial charge in [0.1, 0.15) is 6.04 Å². The molecule has 1 N–H and O–H groups in total. The molecule has 1 aliphatic rings. The first-order chi connectivity index (χ1) is 8.99. The van der Waals surface area contributed by atoms with Crippen LogP contribution in [0.4, 0.5) is 0 Å². The Kier molecular flexibility index (Phi) is 4.22. The van der Waals surface area contributed by atoms with Gasteiger partial charge >= 0.3 is 5.97 Å². The number of aliphatic carboxylic acids is 1. The lowest BCUT2D eigenvalue weighted by Gasteiger charge is -2.41. The van der Waals surface area contributed by atoms with Crippen LogP contribution in [0.2, 0.25) is 0 Å². The van der Waals surface area contributed by atoms with Crippen molar-refractivity contribution in [1.82, 2.24) is 9.80 Å². The molecule has 0 aliphatic carbocycles. The Morgan fingerprint density at radius 1 is 1.32 bits per heavy atom. The molecule has 104 valence electrons. The molecule has 1 heterocycles. The summed E-state index contributed by atoms with van der Waals surface area (Å²) in [6.45, 7) is 6.73. The van der Waals surface area contributed by atoms with Crippen molar-refractivity contribution in [2.75, 3.05) is 26.7 Å². The number of benzene rings is 1. The third-order valence-corrected chi connectivity index (χ3v) is 3.84. The highest BCUT2D eigenvalue weighted by atomic mass is 16.4. The molecule has 1 aromatic rings. The van der Waals surface area contributed by atoms with Crippen molar-refractivity contribution in [3.63, 3.8) is 0 Å². The van der Waals surface area contributed by atoms with Gasteiger partial charge in [0.05, 0.1) is 0 Å². The van der Waals surface area contributed by atoms with Crippen LogP contribution in [-0.2, 0) is 4.79 Å². The van der Waals surface area contributed by atoms with Crippen molar-refractivity contribution in [3.8, 4) is 0 Å². The number of piperazine rings is 1. The van der Waals surface area contributed by atoms with Crippen LogP contribution in [-0.4, -0.2) is 53.6 Å². The topological polar surface area (TPSA) is 43.8 Å². The summed E-state index contributed by atoms with van der Waals surface area (Å²) in [7, 11) is 2.08. The van der Waals surface area contributed by atoms with Crippen LogP contribution < -0.4 is 0 Å². The lowest BCUT2D eigenvalue weighted by Crippen LogP contribution is -2.53. The second kappa shape index (κ2) is 5.72. The van der Waals surface area contributed by atoms with E-state index in [9.17, 15) is 9.90 Å². The van der Waals surface area contributed by atoms with E-state index in [1.165, 1.54) is 0 Å². The van der Waals surface area contributed by atoms with Gasteiger partial charge in [-0.2, -0.15) is 0 Å². The highest BCUT2D eigenvalue weighted by Crippen LogP contribution is 2.25. The zero-order valence-corrected chi connectivity index (χ0v) is 11.8. The molecule has 19 heavy (non-hydrogen) atoms. The van der Waals surface area contributed by atoms with Gasteiger partial charge in [-0.3, -0.25) is 9.69 Å². The predicted octanol–water partition coefficient (Wildman–Crippen LogP) is 1.76. The zero-order valence-electron chi connectivity index (χ0n) is 11.8. The van der Waals surface area contributed by atoms with E-state index < -0.39 is 12.0 Å². The van der Waals surface area contributed by atoms with Crippen molar-refractivity contribution < 1.29 is 9.90 Å². The number of nitrogens with zero attached hydrogens (tertiary/aromatic N) is 2. The zero-order chi connectivity index (χ0) is 14.0. The van der Waals surface area contributed by atoms with Crippen LogP contribution in [0.1, 0.15) is 24.1 Å². The van der Waals surface area contributed by atoms with Gasteiger partial charge in [-0.25, -0.2) is 0 Å². The Labute approximate surface area is 114 Å². The van der Waals surface area contributed by atoms with Crippen LogP contribution in [0.25, 0.3) is 0 Å². The minimum absolute atomic E-state index is 0.251. The monoisotopic (exact) mass is 262 g/mol. The molecule has 1 saturated heterocycles. The fraction of sp³-hybridized carbons (Fsp3) is 0.533. The Hall–Kier alpha value is -1.39. The van der Waals surface area contributed by atoms with E-state index in [2.05, 4.69) is 23.8 Å². The van der Waals surface area contributed by atoms with E-state index in [1.54, 1.807) is 0 Å². The van der Waals surface area contributed by atoms with E-state index in [4.69, 9.17) is 0 Å². The average Bonchev–Trinajstić information content (AvgIpc) is 2.34. The van der Waals surface area contributed by atoms with Crippen LogP contribution in [0.15, 0.2) is 24.3 Å². The smallest absolute Gasteiger partial charge is 0.325 e. The third kappa shape index (κ3) is 3.14. The molecule has 0 amide bonds. The SMILES string of the molecule is Cc1ccc(C(C(=O)O)N2CCN(C)CC2C)cc1. The van der Waals surface area contributed by atoms with Gasteiger partial charge in [0.25, 0.3) is 0 Å². The molecular weight excluding hydrogens is 240 g/mol. The number of carboxylic acids is 1. The molecule has 0 spiro atoms. The van der Waals surface area contributed by atoms with Crippen molar-refractivity contribution in [2.45, 2.75) is 25.9 Å². The number of hydrogen-bond donors (Lipinski definition) is 1. The summed E-state index contributed by atoms with van der Waals surface area (Å²) < 4.78 is 0. The van der Waals surface area contributed by atoms with Crippen LogP contribution in [0.3, 0.4) is 0 Å². The number of hydrogen-bond acceptors (Lipinski definition) is 3. The molecule has 2 rings (SSSR count). The van der Waals surface area contributed by atoms with Crippen molar-refractivity contribution in [2.24, 2.45) is 0 Å². The summed E-state index contributed by atoms with van der Waals surface area (Å²) in [6, 6.07) is 7.53. The van der Waals surface area contributed by atoms with Crippen LogP contribution in [0.5, 0.6) is 0 Å². The van der Waals surface area contributed by atoms with Gasteiger partial charge in [0.15, 0.2) is 0 Å². The maximum Gasteiger partial charge on any atom is 0.325 e. The van der Waals surface area contributed by atoms with Crippen LogP contribution in [0, 0.1) is 6.92 Å². The minimum atomic E-state index is -0.764. The Balaban J connectivity index is 2.25. The second-order valence-electron chi connectivity index (χ2n) is 5.50. The van der Waals surface area contributed by atoms with Gasteiger partial charge in [-0.15, -0.1) is 0 Å². The van der Waals surface area contributed by atoms with Gasteiger partial charge in [0, 0.05) is 25.7 Å². The molecule has 4 heteroatoms. The van der Waals surface area contributed by atoms with Crippen molar-refractivity contribution in [1.29, 1.82) is 0 Å². The molecule has 4 nitrogen and oxygen atoms in total. The molecule has 2 atom stereocenters. The first-order valence-corrected chi connectivity index (χ1v) is 6.72. The van der Waals surface area contributed by atoms with E-state index in [1.807, 2.05) is 31.2 Å². The predicted molar refractivity (Wildman–Crippen MR) is 75.2 cm³/mol. The fourth-order valence-electron chi connectivity index (χ4n) is 2.76. The maximum absolute atomic E-state index is 11.7. The van der Waals surface area contributed by atoms with Crippen molar-refractivity contribution >= 4 is 5.97 Å². The maximum atomic E-state index is 11.7. The first-order valence-electron chi connectivity index (χ1n) is 6.72. The summed E-state index contributed by atoms with van der Waals surface area (Å²) in [5.74, 6) is -0.764. The lowest BCUT2D eigenvalue weighted by atomic mass is 10.0. The number of aryl methyl sites for hydroxylation is 1. The fourth-order valence-corrected chi connectivity index (χ4v) is 2.76. The van der Waals surface area contributed by atoms with Gasteiger partial charge < -0.3 is 10.0 Å². The van der Waals surface area contributed by atoms with Crippen molar-refractivity contribution in [3.05, 3.63) is 35.4 Å². The summed E-state index contributed by atoms with van der Waals surface area (Å²) >= 11 is 0. The normalized spacial score (nSPS) is 23.2. The van der Waals surface area contributed by atoms with E-state index in [0.717, 1.165) is 30.8 Å². The quantitative estimate of drug-likeness (QED) is 0.901. The highest BCUT2D eigenvalue weighted by Gasteiger charge is 2.33. The summed E-state index contributed by atoms with van der Waals surface area (Å²) in [5.41, 5.74) is 2.02. The van der Waals surface area contributed by atoms with E-state index in [0.29, 0.717) is 0 Å². The van der Waals surface area contributed by atoms with E-state index in [-0.39, 0.29) is 6.04 Å². The molecule has 0 radical (unpaired) electrons. The minimum Gasteiger partial charge on any atom is -0.480 e. The molecule has 0 bridgehead atoms. The summed E-state index contributed by atoms with van der Waals surface area (Å²) in [6.07, 6.45) is 0. The number of likely N-dealkylation sites (N-methyl/N-ethyl adjacent to an activating group) is 1. The molecule has 2 unspecified atom stereocenters. The molecule has 1 fully saturated rings. The lowest BCUT2D eigenvalue weighted by molar-refractivity contribution is -0.145. The largest absolute Gasteiger partial charge is 0.480 e. The Bertz CT molecular complexity index is 444. The number of carboxylic acid groups (broad SMARTS) is 1. The van der Waals surface area contributed by atoms with Gasteiger partial charge in [-0.05, 0) is 26.5 Å². The first kappa shape index (κ1) is 14.0. The third-order valence-electron chi connectivity index (χ3n) is 3.84. The van der Waals surface area contributed by atoms with E-state index >= 15 is 0 Å². The van der Waals surface area contributed by atoms with Crippen LogP contribution >= 0.6 is 0 Å². The molecule has 1 aliphatic heterocycles. The summed E-state index contributed by atoms with van der Waals surface area (Å²) in [5, 5.41) is 9.58.